The second-order valence-corrected chi connectivity index (χ2v) is 5.19. The maximum absolute atomic E-state index is 6.11. The Kier molecular flexibility index (Phi) is 4.41. The molecule has 0 aliphatic carbocycles. The summed E-state index contributed by atoms with van der Waals surface area (Å²) in [5.74, 6) is 1.68. The van der Waals surface area contributed by atoms with Crippen molar-refractivity contribution in [3.63, 3.8) is 0 Å². The molecular weight excluding hydrogens is 325 g/mol. The van der Waals surface area contributed by atoms with Crippen molar-refractivity contribution >= 4 is 40.7 Å². The lowest BCUT2D eigenvalue weighted by Gasteiger charge is -2.08. The van der Waals surface area contributed by atoms with Crippen LogP contribution in [0.4, 0.5) is 17.5 Å². The monoisotopic (exact) mass is 335 g/mol. The van der Waals surface area contributed by atoms with Gasteiger partial charge in [0.05, 0.1) is 29.7 Å². The van der Waals surface area contributed by atoms with Gasteiger partial charge in [-0.05, 0) is 30.3 Å². The first-order valence-corrected chi connectivity index (χ1v) is 7.14. The molecule has 112 valence electrons. The Morgan fingerprint density at radius 3 is 2.86 bits per heavy atom. The number of rotatable bonds is 5. The van der Waals surface area contributed by atoms with Crippen molar-refractivity contribution < 1.29 is 4.42 Å². The van der Waals surface area contributed by atoms with Crippen molar-refractivity contribution in [2.75, 3.05) is 10.6 Å². The van der Waals surface area contributed by atoms with Crippen LogP contribution < -0.4 is 10.6 Å². The van der Waals surface area contributed by atoms with Gasteiger partial charge in [-0.15, -0.1) is 5.10 Å². The van der Waals surface area contributed by atoms with Crippen LogP contribution in [0.2, 0.25) is 10.0 Å². The zero-order valence-corrected chi connectivity index (χ0v) is 12.8. The average molecular weight is 336 g/mol. The normalized spacial score (nSPS) is 10.5. The average Bonchev–Trinajstić information content (AvgIpc) is 3.02. The fourth-order valence-corrected chi connectivity index (χ4v) is 2.20. The van der Waals surface area contributed by atoms with E-state index in [2.05, 4.69) is 25.8 Å². The summed E-state index contributed by atoms with van der Waals surface area (Å²) < 4.78 is 5.22. The van der Waals surface area contributed by atoms with E-state index in [1.807, 2.05) is 12.1 Å². The predicted octanol–water partition coefficient (Wildman–Crippen LogP) is 4.13. The maximum Gasteiger partial charge on any atom is 0.245 e. The molecule has 1 aromatic carbocycles. The van der Waals surface area contributed by atoms with Crippen molar-refractivity contribution in [3.8, 4) is 0 Å². The van der Waals surface area contributed by atoms with E-state index in [9.17, 15) is 0 Å². The Labute approximate surface area is 136 Å². The Balaban J connectivity index is 1.70. The van der Waals surface area contributed by atoms with Crippen LogP contribution in [0.3, 0.4) is 0 Å². The molecule has 22 heavy (non-hydrogen) atoms. The molecule has 0 saturated carbocycles. The predicted molar refractivity (Wildman–Crippen MR) is 85.6 cm³/mol. The third kappa shape index (κ3) is 3.66. The van der Waals surface area contributed by atoms with Crippen LogP contribution in [-0.4, -0.2) is 15.2 Å². The van der Waals surface area contributed by atoms with E-state index >= 15 is 0 Å². The van der Waals surface area contributed by atoms with E-state index in [1.54, 1.807) is 24.5 Å². The summed E-state index contributed by atoms with van der Waals surface area (Å²) >= 11 is 12.0. The molecule has 0 unspecified atom stereocenters. The zero-order chi connectivity index (χ0) is 15.4. The molecule has 0 aliphatic heterocycles. The Bertz CT molecular complexity index is 764. The highest BCUT2D eigenvalue weighted by Crippen LogP contribution is 2.27. The van der Waals surface area contributed by atoms with Crippen LogP contribution in [0.5, 0.6) is 0 Å². The van der Waals surface area contributed by atoms with E-state index in [-0.39, 0.29) is 0 Å². The molecule has 0 aliphatic rings. The molecule has 8 heteroatoms. The van der Waals surface area contributed by atoms with Gasteiger partial charge in [0.2, 0.25) is 5.95 Å². The van der Waals surface area contributed by atoms with Crippen molar-refractivity contribution in [2.24, 2.45) is 0 Å². The zero-order valence-electron chi connectivity index (χ0n) is 11.3. The van der Waals surface area contributed by atoms with Crippen LogP contribution in [0, 0.1) is 0 Å². The van der Waals surface area contributed by atoms with Crippen LogP contribution in [0.15, 0.2) is 47.2 Å². The highest BCUT2D eigenvalue weighted by atomic mass is 35.5. The SMILES string of the molecule is Clc1ccc(Nc2cnnc(NCc3ccco3)n2)c(Cl)c1. The maximum atomic E-state index is 6.11. The fraction of sp³-hybridized carbons (Fsp3) is 0.0714. The van der Waals surface area contributed by atoms with Gasteiger partial charge in [0.25, 0.3) is 0 Å². The van der Waals surface area contributed by atoms with E-state index in [4.69, 9.17) is 27.6 Å². The summed E-state index contributed by atoms with van der Waals surface area (Å²) in [6, 6.07) is 8.83. The topological polar surface area (TPSA) is 75.9 Å². The second kappa shape index (κ2) is 6.64. The molecule has 0 amide bonds. The van der Waals surface area contributed by atoms with Gasteiger partial charge in [0.1, 0.15) is 5.76 Å². The van der Waals surface area contributed by atoms with Gasteiger partial charge in [-0.1, -0.05) is 23.2 Å². The Morgan fingerprint density at radius 1 is 1.18 bits per heavy atom. The molecule has 0 bridgehead atoms. The number of halogens is 2. The highest BCUT2D eigenvalue weighted by Gasteiger charge is 2.05. The molecule has 0 atom stereocenters. The number of benzene rings is 1. The number of furan rings is 1. The van der Waals surface area contributed by atoms with Crippen molar-refractivity contribution in [2.45, 2.75) is 6.54 Å². The molecule has 6 nitrogen and oxygen atoms in total. The highest BCUT2D eigenvalue weighted by molar-refractivity contribution is 6.36. The van der Waals surface area contributed by atoms with Crippen LogP contribution in [0.25, 0.3) is 0 Å². The number of nitrogens with zero attached hydrogens (tertiary/aromatic N) is 3. The van der Waals surface area contributed by atoms with Gasteiger partial charge in [0, 0.05) is 5.02 Å². The summed E-state index contributed by atoms with van der Waals surface area (Å²) in [5, 5.41) is 15.0. The quantitative estimate of drug-likeness (QED) is 0.730. The van der Waals surface area contributed by atoms with E-state index in [1.165, 1.54) is 6.20 Å². The summed E-state index contributed by atoms with van der Waals surface area (Å²) in [6.07, 6.45) is 3.11. The fourth-order valence-electron chi connectivity index (χ4n) is 1.75. The molecular formula is C14H11Cl2N5O. The smallest absolute Gasteiger partial charge is 0.245 e. The van der Waals surface area contributed by atoms with Crippen LogP contribution >= 0.6 is 23.2 Å². The molecule has 0 spiro atoms. The molecule has 0 fully saturated rings. The van der Waals surface area contributed by atoms with Crippen molar-refractivity contribution in [1.29, 1.82) is 0 Å². The summed E-state index contributed by atoms with van der Waals surface area (Å²) in [4.78, 5) is 4.30. The number of anilines is 3. The number of hydrogen-bond donors (Lipinski definition) is 2. The lowest BCUT2D eigenvalue weighted by atomic mass is 10.3. The van der Waals surface area contributed by atoms with Gasteiger partial charge in [-0.2, -0.15) is 10.1 Å². The van der Waals surface area contributed by atoms with Gasteiger partial charge in [0.15, 0.2) is 5.82 Å². The van der Waals surface area contributed by atoms with Crippen LogP contribution in [-0.2, 0) is 6.54 Å². The summed E-state index contributed by atoms with van der Waals surface area (Å²) in [7, 11) is 0. The molecule has 2 aromatic heterocycles. The first-order valence-electron chi connectivity index (χ1n) is 6.39. The lowest BCUT2D eigenvalue weighted by Crippen LogP contribution is -2.06. The minimum atomic E-state index is 0.381. The number of nitrogens with one attached hydrogen (secondary N) is 2. The lowest BCUT2D eigenvalue weighted by molar-refractivity contribution is 0.517. The number of aromatic nitrogens is 3. The minimum Gasteiger partial charge on any atom is -0.467 e. The summed E-state index contributed by atoms with van der Waals surface area (Å²) in [6.45, 7) is 0.472. The first kappa shape index (κ1) is 14.6. The van der Waals surface area contributed by atoms with Gasteiger partial charge < -0.3 is 15.1 Å². The van der Waals surface area contributed by atoms with Crippen molar-refractivity contribution in [1.82, 2.24) is 15.2 Å². The van der Waals surface area contributed by atoms with Crippen molar-refractivity contribution in [3.05, 3.63) is 58.6 Å². The number of hydrogen-bond acceptors (Lipinski definition) is 6. The molecule has 2 heterocycles. The van der Waals surface area contributed by atoms with Crippen LogP contribution in [0.1, 0.15) is 5.76 Å². The minimum absolute atomic E-state index is 0.381. The standard InChI is InChI=1S/C14H11Cl2N5O/c15-9-3-4-12(11(16)6-9)19-13-8-18-21-14(20-13)17-7-10-2-1-5-22-10/h1-6,8H,7H2,(H2,17,19,20,21). The third-order valence-electron chi connectivity index (χ3n) is 2.75. The molecule has 3 aromatic rings. The Hall–Kier alpha value is -2.31. The van der Waals surface area contributed by atoms with Gasteiger partial charge in [-0.3, -0.25) is 0 Å². The second-order valence-electron chi connectivity index (χ2n) is 4.35. The summed E-state index contributed by atoms with van der Waals surface area (Å²) in [5.41, 5.74) is 0.684. The van der Waals surface area contributed by atoms with Gasteiger partial charge >= 0.3 is 0 Å². The third-order valence-corrected chi connectivity index (χ3v) is 3.30. The van der Waals surface area contributed by atoms with E-state index < -0.39 is 0 Å². The van der Waals surface area contributed by atoms with E-state index in [0.717, 1.165) is 5.76 Å². The molecule has 0 radical (unpaired) electrons. The van der Waals surface area contributed by atoms with Gasteiger partial charge in [-0.25, -0.2) is 0 Å². The Morgan fingerprint density at radius 2 is 2.09 bits per heavy atom. The first-order chi connectivity index (χ1) is 10.7. The molecule has 3 rings (SSSR count). The van der Waals surface area contributed by atoms with E-state index in [0.29, 0.717) is 34.0 Å². The molecule has 2 N–H and O–H groups in total. The largest absolute Gasteiger partial charge is 0.467 e. The molecule has 0 saturated heterocycles.